The predicted molar refractivity (Wildman–Crippen MR) is 47.7 cm³/mol. The Kier molecular flexibility index (Phi) is 4.28. The normalized spacial score (nSPS) is 40.9. The molecule has 1 heterocycles. The van der Waals surface area contributed by atoms with Gasteiger partial charge in [0, 0.05) is 12.0 Å². The van der Waals surface area contributed by atoms with E-state index in [1.807, 2.05) is 0 Å². The van der Waals surface area contributed by atoms with E-state index in [2.05, 4.69) is 10.0 Å². The van der Waals surface area contributed by atoms with E-state index >= 15 is 0 Å². The molecule has 0 spiro atoms. The van der Waals surface area contributed by atoms with Gasteiger partial charge in [-0.1, -0.05) is 5.11 Å². The molecule has 0 aliphatic carbocycles. The summed E-state index contributed by atoms with van der Waals surface area (Å²) in [5.74, 6) is 0. The van der Waals surface area contributed by atoms with E-state index in [0.29, 0.717) is 0 Å². The molecule has 1 aliphatic heterocycles. The van der Waals surface area contributed by atoms with Crippen LogP contribution in [0, 0.1) is 0 Å². The summed E-state index contributed by atoms with van der Waals surface area (Å²) in [6, 6.07) is -1.03. The van der Waals surface area contributed by atoms with Crippen molar-refractivity contribution in [3.63, 3.8) is 0 Å². The van der Waals surface area contributed by atoms with Crippen LogP contribution in [0.2, 0.25) is 0 Å². The first-order chi connectivity index (χ1) is 7.15. The molecule has 86 valence electrons. The molecule has 0 amide bonds. The fourth-order valence-corrected chi connectivity index (χ4v) is 1.44. The number of ether oxygens (including phenoxy) is 2. The Labute approximate surface area is 85.7 Å². The van der Waals surface area contributed by atoms with Crippen LogP contribution >= 0.6 is 0 Å². The van der Waals surface area contributed by atoms with Crippen molar-refractivity contribution in [2.24, 2.45) is 5.11 Å². The zero-order valence-electron chi connectivity index (χ0n) is 8.09. The first-order valence-electron chi connectivity index (χ1n) is 4.35. The molecule has 3 unspecified atom stereocenters. The zero-order chi connectivity index (χ0) is 11.4. The summed E-state index contributed by atoms with van der Waals surface area (Å²) in [4.78, 5) is 2.52. The Balaban J connectivity index is 2.83. The molecule has 0 saturated carbocycles. The first kappa shape index (κ1) is 12.2. The topological polar surface area (TPSA) is 128 Å². The highest BCUT2D eigenvalue weighted by Crippen LogP contribution is 2.23. The smallest absolute Gasteiger partial charge is 0.168 e. The van der Waals surface area contributed by atoms with E-state index in [1.54, 1.807) is 0 Å². The average Bonchev–Trinajstić information content (AvgIpc) is 2.25. The van der Waals surface area contributed by atoms with Gasteiger partial charge in [-0.15, -0.1) is 0 Å². The third-order valence-corrected chi connectivity index (χ3v) is 2.27. The maximum absolute atomic E-state index is 9.59. The minimum absolute atomic E-state index is 0.457. The van der Waals surface area contributed by atoms with Gasteiger partial charge in [0.05, 0.1) is 12.7 Å². The molecule has 0 bridgehead atoms. The van der Waals surface area contributed by atoms with Crippen LogP contribution in [0.3, 0.4) is 0 Å². The number of aliphatic hydroxyl groups excluding tert-OH is 3. The van der Waals surface area contributed by atoms with Gasteiger partial charge in [0.25, 0.3) is 0 Å². The largest absolute Gasteiger partial charge is 0.394 e. The molecule has 8 heteroatoms. The van der Waals surface area contributed by atoms with Gasteiger partial charge in [-0.3, -0.25) is 0 Å². The first-order valence-corrected chi connectivity index (χ1v) is 4.35. The number of azide groups is 1. The van der Waals surface area contributed by atoms with Gasteiger partial charge in [0.1, 0.15) is 18.2 Å². The maximum atomic E-state index is 9.59. The fraction of sp³-hybridized carbons (Fsp3) is 1.00. The van der Waals surface area contributed by atoms with Crippen LogP contribution in [0.5, 0.6) is 0 Å². The highest BCUT2D eigenvalue weighted by atomic mass is 16.7. The van der Waals surface area contributed by atoms with Crippen molar-refractivity contribution in [3.05, 3.63) is 10.4 Å². The van der Waals surface area contributed by atoms with Crippen LogP contribution in [0.15, 0.2) is 5.11 Å². The maximum Gasteiger partial charge on any atom is 0.168 e. The van der Waals surface area contributed by atoms with Crippen LogP contribution in [0.1, 0.15) is 0 Å². The van der Waals surface area contributed by atoms with Crippen molar-refractivity contribution in [1.82, 2.24) is 0 Å². The number of rotatable bonds is 3. The molecule has 8 nitrogen and oxygen atoms in total. The second-order valence-electron chi connectivity index (χ2n) is 3.14. The Morgan fingerprint density at radius 3 is 2.60 bits per heavy atom. The number of aliphatic hydroxyl groups is 3. The lowest BCUT2D eigenvalue weighted by atomic mass is 9.98. The second-order valence-corrected chi connectivity index (χ2v) is 3.14. The Morgan fingerprint density at radius 2 is 2.13 bits per heavy atom. The third kappa shape index (κ3) is 2.37. The van der Waals surface area contributed by atoms with E-state index in [4.69, 9.17) is 20.1 Å². The van der Waals surface area contributed by atoms with Gasteiger partial charge in [-0.05, 0) is 5.53 Å². The Morgan fingerprint density at radius 1 is 1.47 bits per heavy atom. The van der Waals surface area contributed by atoms with Crippen LogP contribution < -0.4 is 0 Å². The summed E-state index contributed by atoms with van der Waals surface area (Å²) in [6.45, 7) is -0.457. The monoisotopic (exact) mass is 219 g/mol. The molecule has 1 aliphatic rings. The quantitative estimate of drug-likeness (QED) is 0.310. The highest BCUT2D eigenvalue weighted by Gasteiger charge is 2.43. The van der Waals surface area contributed by atoms with Gasteiger partial charge in [0.2, 0.25) is 0 Å². The van der Waals surface area contributed by atoms with Gasteiger partial charge in [-0.25, -0.2) is 0 Å². The van der Waals surface area contributed by atoms with E-state index in [9.17, 15) is 10.2 Å². The summed E-state index contributed by atoms with van der Waals surface area (Å²) in [5.41, 5.74) is 8.26. The molecule has 5 atom stereocenters. The third-order valence-electron chi connectivity index (χ3n) is 2.27. The van der Waals surface area contributed by atoms with E-state index in [0.717, 1.165) is 0 Å². The summed E-state index contributed by atoms with van der Waals surface area (Å²) in [6.07, 6.45) is -4.56. The number of hydrogen-bond donors (Lipinski definition) is 3. The molecule has 3 N–H and O–H groups in total. The van der Waals surface area contributed by atoms with Gasteiger partial charge in [-0.2, -0.15) is 0 Å². The number of methoxy groups -OCH3 is 1. The fourth-order valence-electron chi connectivity index (χ4n) is 1.44. The Bertz CT molecular complexity index is 255. The second kappa shape index (κ2) is 5.26. The summed E-state index contributed by atoms with van der Waals surface area (Å²) in [7, 11) is 1.31. The van der Waals surface area contributed by atoms with Crippen LogP contribution in [0.25, 0.3) is 10.4 Å². The summed E-state index contributed by atoms with van der Waals surface area (Å²) >= 11 is 0. The number of nitrogens with zero attached hydrogens (tertiary/aromatic N) is 3. The summed E-state index contributed by atoms with van der Waals surface area (Å²) in [5, 5.41) is 31.2. The lowest BCUT2D eigenvalue weighted by Gasteiger charge is -2.39. The van der Waals surface area contributed by atoms with Gasteiger partial charge < -0.3 is 24.8 Å². The molecule has 15 heavy (non-hydrogen) atoms. The van der Waals surface area contributed by atoms with Crippen molar-refractivity contribution in [3.8, 4) is 0 Å². The van der Waals surface area contributed by atoms with E-state index < -0.39 is 37.3 Å². The minimum Gasteiger partial charge on any atom is -0.394 e. The molecule has 0 aromatic heterocycles. The van der Waals surface area contributed by atoms with Crippen molar-refractivity contribution < 1.29 is 24.8 Å². The molecular weight excluding hydrogens is 206 g/mol. The van der Waals surface area contributed by atoms with Gasteiger partial charge in [0.15, 0.2) is 6.29 Å². The average molecular weight is 219 g/mol. The molecule has 1 saturated heterocycles. The van der Waals surface area contributed by atoms with Crippen molar-refractivity contribution >= 4 is 0 Å². The van der Waals surface area contributed by atoms with Gasteiger partial charge >= 0.3 is 0 Å². The molecule has 0 aromatic rings. The number of hydrogen-bond acceptors (Lipinski definition) is 6. The molecule has 1 fully saturated rings. The van der Waals surface area contributed by atoms with Crippen LogP contribution in [-0.2, 0) is 9.47 Å². The van der Waals surface area contributed by atoms with Crippen molar-refractivity contribution in [2.75, 3.05) is 13.7 Å². The highest BCUT2D eigenvalue weighted by molar-refractivity contribution is 4.93. The lowest BCUT2D eigenvalue weighted by molar-refractivity contribution is -0.257. The Hall–Kier alpha value is -0.890. The molecular formula is C7H13N3O5. The molecule has 0 radical (unpaired) electrons. The lowest BCUT2D eigenvalue weighted by Crippen LogP contribution is -2.58. The minimum atomic E-state index is -1.32. The molecule has 1 rings (SSSR count). The zero-order valence-corrected chi connectivity index (χ0v) is 8.09. The van der Waals surface area contributed by atoms with Crippen LogP contribution in [0.4, 0.5) is 0 Å². The standard InChI is InChI=1S/C7H13N3O5/c1-14-7-4(9-10-8)6(13)5(12)3(2-11)15-7/h3-7,11-13H,2H2,1H3/t3?,4?,5-,6?,7+/m0/s1. The molecule has 0 aromatic carbocycles. The summed E-state index contributed by atoms with van der Waals surface area (Å²) < 4.78 is 9.92. The predicted octanol–water partition coefficient (Wildman–Crippen LogP) is -1.25. The van der Waals surface area contributed by atoms with E-state index in [1.165, 1.54) is 7.11 Å². The SMILES string of the molecule is CO[C@@H]1OC(CO)[C@H](O)C(O)C1N=[N+]=[N-]. The van der Waals surface area contributed by atoms with Crippen LogP contribution in [-0.4, -0.2) is 59.7 Å². The van der Waals surface area contributed by atoms with Crippen molar-refractivity contribution in [2.45, 2.75) is 30.6 Å². The van der Waals surface area contributed by atoms with Crippen molar-refractivity contribution in [1.29, 1.82) is 0 Å². The van der Waals surface area contributed by atoms with E-state index in [-0.39, 0.29) is 0 Å².